The monoisotopic (exact) mass is 255 g/mol. The van der Waals surface area contributed by atoms with Crippen LogP contribution >= 0.6 is 0 Å². The van der Waals surface area contributed by atoms with E-state index in [1.54, 1.807) is 18.2 Å². The molecule has 1 N–H and O–H groups in total. The smallest absolute Gasteiger partial charge is 0.274 e. The summed E-state index contributed by atoms with van der Waals surface area (Å²) in [5.74, 6) is -2.60. The van der Waals surface area contributed by atoms with E-state index in [-0.39, 0.29) is 11.3 Å². The molecule has 0 bridgehead atoms. The Balaban J connectivity index is 2.33. The van der Waals surface area contributed by atoms with Crippen LogP contribution in [0.4, 0.5) is 8.78 Å². The van der Waals surface area contributed by atoms with Gasteiger partial charge in [-0.25, -0.2) is 8.78 Å². The Morgan fingerprint density at radius 2 is 2.22 bits per heavy atom. The molecule has 1 aliphatic heterocycles. The maximum absolute atomic E-state index is 13.7. The number of halogens is 2. The zero-order valence-corrected chi connectivity index (χ0v) is 10.8. The highest BCUT2D eigenvalue weighted by Crippen LogP contribution is 2.37. The lowest BCUT2D eigenvalue weighted by Gasteiger charge is -2.21. The van der Waals surface area contributed by atoms with E-state index >= 15 is 0 Å². The lowest BCUT2D eigenvalue weighted by Crippen LogP contribution is -2.25. The first-order valence-corrected chi connectivity index (χ1v) is 6.30. The minimum atomic E-state index is -2.87. The first-order valence-electron chi connectivity index (χ1n) is 6.30. The van der Waals surface area contributed by atoms with Gasteiger partial charge in [0.05, 0.1) is 12.7 Å². The topological polar surface area (TPSA) is 21.3 Å². The van der Waals surface area contributed by atoms with Gasteiger partial charge in [0.2, 0.25) is 0 Å². The van der Waals surface area contributed by atoms with Gasteiger partial charge in [-0.1, -0.05) is 12.1 Å². The largest absolute Gasteiger partial charge is 0.496 e. The third-order valence-corrected chi connectivity index (χ3v) is 3.40. The third kappa shape index (κ3) is 2.80. The van der Waals surface area contributed by atoms with Crippen molar-refractivity contribution >= 4 is 0 Å². The van der Waals surface area contributed by atoms with Crippen LogP contribution in [0.5, 0.6) is 5.75 Å². The average Bonchev–Trinajstić information content (AvgIpc) is 2.80. The van der Waals surface area contributed by atoms with Crippen molar-refractivity contribution in [1.29, 1.82) is 0 Å². The summed E-state index contributed by atoms with van der Waals surface area (Å²) in [6.07, 6.45) is 2.80. The summed E-state index contributed by atoms with van der Waals surface area (Å²) in [5.41, 5.74) is 0.711. The second kappa shape index (κ2) is 5.22. The number of alkyl halides is 2. The van der Waals surface area contributed by atoms with Crippen LogP contribution < -0.4 is 10.1 Å². The normalized spacial score (nSPS) is 20.1. The molecule has 100 valence electrons. The molecule has 18 heavy (non-hydrogen) atoms. The number of hydrogen-bond donors (Lipinski definition) is 1. The van der Waals surface area contributed by atoms with E-state index in [0.717, 1.165) is 26.3 Å². The van der Waals surface area contributed by atoms with Gasteiger partial charge in [-0.2, -0.15) is 0 Å². The van der Waals surface area contributed by atoms with Gasteiger partial charge in [0.15, 0.2) is 0 Å². The Morgan fingerprint density at radius 1 is 1.44 bits per heavy atom. The van der Waals surface area contributed by atoms with Gasteiger partial charge in [0.25, 0.3) is 5.92 Å². The van der Waals surface area contributed by atoms with E-state index in [1.165, 1.54) is 7.11 Å². The Hall–Kier alpha value is -1.16. The van der Waals surface area contributed by atoms with Crippen molar-refractivity contribution in [3.8, 4) is 5.75 Å². The standard InChI is InChI=1S/C14H19F2NO/c1-14(15,16)13-10(5-3-7-12(13)18-2)9-11-6-4-8-17-11/h3,5,7,11,17H,4,6,8-9H2,1-2H3. The number of benzene rings is 1. The Morgan fingerprint density at radius 3 is 2.78 bits per heavy atom. The minimum absolute atomic E-state index is 0.0289. The van der Waals surface area contributed by atoms with Gasteiger partial charge in [-0.05, 0) is 37.4 Å². The molecule has 1 heterocycles. The van der Waals surface area contributed by atoms with Gasteiger partial charge in [-0.15, -0.1) is 0 Å². The molecule has 2 rings (SSSR count). The molecule has 0 aromatic heterocycles. The molecule has 1 saturated heterocycles. The summed E-state index contributed by atoms with van der Waals surface area (Å²) in [4.78, 5) is 0. The maximum atomic E-state index is 13.7. The van der Waals surface area contributed by atoms with Crippen LogP contribution in [0.3, 0.4) is 0 Å². The van der Waals surface area contributed by atoms with Crippen LogP contribution in [0, 0.1) is 0 Å². The molecular weight excluding hydrogens is 236 g/mol. The zero-order valence-electron chi connectivity index (χ0n) is 10.8. The summed E-state index contributed by atoms with van der Waals surface area (Å²) in [6, 6.07) is 5.45. The highest BCUT2D eigenvalue weighted by atomic mass is 19.3. The molecule has 1 atom stereocenters. The predicted molar refractivity (Wildman–Crippen MR) is 67.3 cm³/mol. The van der Waals surface area contributed by atoms with Crippen molar-refractivity contribution in [2.45, 2.75) is 38.2 Å². The highest BCUT2D eigenvalue weighted by Gasteiger charge is 2.32. The Labute approximate surface area is 106 Å². The summed E-state index contributed by atoms with van der Waals surface area (Å²) < 4.78 is 32.5. The summed E-state index contributed by atoms with van der Waals surface area (Å²) in [7, 11) is 1.43. The van der Waals surface area contributed by atoms with E-state index < -0.39 is 5.92 Å². The van der Waals surface area contributed by atoms with Crippen LogP contribution in [0.2, 0.25) is 0 Å². The molecule has 1 aromatic rings. The van der Waals surface area contributed by atoms with E-state index in [1.807, 2.05) is 0 Å². The summed E-state index contributed by atoms with van der Waals surface area (Å²) in [6.45, 7) is 1.91. The van der Waals surface area contributed by atoms with E-state index in [2.05, 4.69) is 5.32 Å². The maximum Gasteiger partial charge on any atom is 0.274 e. The molecular formula is C14H19F2NO. The lowest BCUT2D eigenvalue weighted by atomic mass is 9.95. The van der Waals surface area contributed by atoms with Crippen molar-refractivity contribution in [2.75, 3.05) is 13.7 Å². The number of hydrogen-bond acceptors (Lipinski definition) is 2. The van der Waals surface area contributed by atoms with Crippen LogP contribution in [-0.2, 0) is 12.3 Å². The van der Waals surface area contributed by atoms with Gasteiger partial charge in [0.1, 0.15) is 5.75 Å². The number of methoxy groups -OCH3 is 1. The quantitative estimate of drug-likeness (QED) is 0.892. The van der Waals surface area contributed by atoms with Crippen molar-refractivity contribution in [1.82, 2.24) is 5.32 Å². The third-order valence-electron chi connectivity index (χ3n) is 3.40. The van der Waals surface area contributed by atoms with Crippen molar-refractivity contribution in [2.24, 2.45) is 0 Å². The van der Waals surface area contributed by atoms with Crippen LogP contribution in [0.1, 0.15) is 30.9 Å². The molecule has 4 heteroatoms. The molecule has 1 aliphatic rings. The molecule has 0 radical (unpaired) electrons. The summed E-state index contributed by atoms with van der Waals surface area (Å²) in [5, 5.41) is 3.34. The number of rotatable bonds is 4. The summed E-state index contributed by atoms with van der Waals surface area (Å²) >= 11 is 0. The van der Waals surface area contributed by atoms with Crippen molar-refractivity contribution in [3.05, 3.63) is 29.3 Å². The molecule has 2 nitrogen and oxygen atoms in total. The second-order valence-corrected chi connectivity index (χ2v) is 4.88. The lowest BCUT2D eigenvalue weighted by molar-refractivity contribution is 0.0140. The fraction of sp³-hybridized carbons (Fsp3) is 0.571. The molecule has 1 unspecified atom stereocenters. The SMILES string of the molecule is COc1cccc(CC2CCCN2)c1C(C)(F)F. The molecule has 0 saturated carbocycles. The van der Waals surface area contributed by atoms with E-state index in [0.29, 0.717) is 18.0 Å². The molecule has 1 aromatic carbocycles. The van der Waals surface area contributed by atoms with Crippen molar-refractivity contribution in [3.63, 3.8) is 0 Å². The Kier molecular flexibility index (Phi) is 3.85. The molecule has 0 amide bonds. The van der Waals surface area contributed by atoms with Gasteiger partial charge in [-0.3, -0.25) is 0 Å². The van der Waals surface area contributed by atoms with Gasteiger partial charge in [0, 0.05) is 13.0 Å². The average molecular weight is 255 g/mol. The first kappa shape index (κ1) is 13.3. The van der Waals surface area contributed by atoms with E-state index in [9.17, 15) is 8.78 Å². The van der Waals surface area contributed by atoms with Gasteiger partial charge < -0.3 is 10.1 Å². The van der Waals surface area contributed by atoms with Gasteiger partial charge >= 0.3 is 0 Å². The fourth-order valence-electron chi connectivity index (χ4n) is 2.61. The number of ether oxygens (including phenoxy) is 1. The molecule has 1 fully saturated rings. The zero-order chi connectivity index (χ0) is 13.2. The number of nitrogens with one attached hydrogen (secondary N) is 1. The molecule has 0 spiro atoms. The predicted octanol–water partition coefficient (Wildman–Crippen LogP) is 3.10. The van der Waals surface area contributed by atoms with Crippen LogP contribution in [0.25, 0.3) is 0 Å². The van der Waals surface area contributed by atoms with E-state index in [4.69, 9.17) is 4.74 Å². The van der Waals surface area contributed by atoms with Crippen LogP contribution in [0.15, 0.2) is 18.2 Å². The first-order chi connectivity index (χ1) is 8.52. The highest BCUT2D eigenvalue weighted by molar-refractivity contribution is 5.43. The minimum Gasteiger partial charge on any atom is -0.496 e. The Bertz CT molecular complexity index is 409. The molecule has 0 aliphatic carbocycles. The van der Waals surface area contributed by atoms with Crippen LogP contribution in [-0.4, -0.2) is 19.7 Å². The van der Waals surface area contributed by atoms with Crippen molar-refractivity contribution < 1.29 is 13.5 Å². The second-order valence-electron chi connectivity index (χ2n) is 4.88. The fourth-order valence-corrected chi connectivity index (χ4v) is 2.61.